The molecule has 0 bridgehead atoms. The minimum absolute atomic E-state index is 0.0411. The molecule has 1 fully saturated rings. The Balaban J connectivity index is 1.44. The summed E-state index contributed by atoms with van der Waals surface area (Å²) in [5, 5.41) is 13.7. The molecule has 9 nitrogen and oxygen atoms in total. The van der Waals surface area contributed by atoms with Crippen LogP contribution >= 0.6 is 34.5 Å². The van der Waals surface area contributed by atoms with Crippen LogP contribution in [-0.2, 0) is 0 Å². The fourth-order valence-corrected chi connectivity index (χ4v) is 4.77. The molecular weight excluding hydrogens is 463 g/mol. The number of aryl methyl sites for hydroxylation is 1. The zero-order chi connectivity index (χ0) is 22.1. The predicted octanol–water partition coefficient (Wildman–Crippen LogP) is 3.64. The van der Waals surface area contributed by atoms with Gasteiger partial charge in [0.1, 0.15) is 22.0 Å². The van der Waals surface area contributed by atoms with Gasteiger partial charge in [-0.25, -0.2) is 9.78 Å². The highest BCUT2D eigenvalue weighted by Crippen LogP contribution is 2.33. The summed E-state index contributed by atoms with van der Waals surface area (Å²) in [5.74, 6) is -1.35. The number of carboxylic acids is 1. The number of carboxylic acid groups (broad SMARTS) is 1. The van der Waals surface area contributed by atoms with Gasteiger partial charge in [-0.15, -0.1) is 0 Å². The van der Waals surface area contributed by atoms with Gasteiger partial charge in [-0.2, -0.15) is 0 Å². The van der Waals surface area contributed by atoms with Crippen molar-refractivity contribution in [3.8, 4) is 11.4 Å². The van der Waals surface area contributed by atoms with Crippen LogP contribution in [0.1, 0.15) is 38.7 Å². The molecule has 4 heterocycles. The number of piperidine rings is 1. The van der Waals surface area contributed by atoms with E-state index >= 15 is 0 Å². The molecule has 0 saturated carbocycles. The van der Waals surface area contributed by atoms with Crippen LogP contribution < -0.4 is 10.2 Å². The summed E-state index contributed by atoms with van der Waals surface area (Å²) in [6, 6.07) is -0.0411. The van der Waals surface area contributed by atoms with Gasteiger partial charge in [-0.05, 0) is 19.8 Å². The molecule has 3 aromatic rings. The number of hydrogen-bond acceptors (Lipinski definition) is 7. The van der Waals surface area contributed by atoms with Crippen LogP contribution in [0.25, 0.3) is 11.4 Å². The second-order valence-electron chi connectivity index (χ2n) is 7.06. The van der Waals surface area contributed by atoms with Gasteiger partial charge in [0.05, 0.1) is 16.2 Å². The summed E-state index contributed by atoms with van der Waals surface area (Å²) in [5.41, 5.74) is 1.63. The Bertz CT molecular complexity index is 1130. The number of aromatic carboxylic acids is 1. The number of H-pyrrole nitrogens is 1. The molecule has 0 unspecified atom stereocenters. The van der Waals surface area contributed by atoms with E-state index in [-0.39, 0.29) is 27.5 Å². The number of rotatable bonds is 5. The average molecular weight is 481 g/mol. The lowest BCUT2D eigenvalue weighted by molar-refractivity contribution is 0.0702. The van der Waals surface area contributed by atoms with Crippen molar-refractivity contribution in [1.82, 2.24) is 25.3 Å². The number of carbonyl (C=O) groups is 2. The Morgan fingerprint density at radius 1 is 1.26 bits per heavy atom. The van der Waals surface area contributed by atoms with E-state index < -0.39 is 5.97 Å². The maximum Gasteiger partial charge on any atom is 0.348 e. The lowest BCUT2D eigenvalue weighted by Crippen LogP contribution is -2.44. The molecule has 31 heavy (non-hydrogen) atoms. The van der Waals surface area contributed by atoms with Crippen molar-refractivity contribution in [3.05, 3.63) is 44.9 Å². The lowest BCUT2D eigenvalue weighted by atomic mass is 10.1. The van der Waals surface area contributed by atoms with Crippen LogP contribution in [0.5, 0.6) is 0 Å². The fraction of sp³-hybridized carbons (Fsp3) is 0.316. The molecule has 12 heteroatoms. The number of halogens is 2. The van der Waals surface area contributed by atoms with Crippen molar-refractivity contribution in [2.45, 2.75) is 25.8 Å². The molecule has 0 aliphatic carbocycles. The monoisotopic (exact) mass is 480 g/mol. The number of hydrogen-bond donors (Lipinski definition) is 3. The van der Waals surface area contributed by atoms with E-state index in [1.165, 1.54) is 18.6 Å². The molecular formula is C19H18Cl2N6O3S. The smallest absolute Gasteiger partial charge is 0.348 e. The van der Waals surface area contributed by atoms with Crippen molar-refractivity contribution < 1.29 is 14.7 Å². The van der Waals surface area contributed by atoms with Gasteiger partial charge in [0.25, 0.3) is 5.91 Å². The minimum atomic E-state index is -1.05. The largest absolute Gasteiger partial charge is 0.477 e. The highest BCUT2D eigenvalue weighted by molar-refractivity contribution is 7.17. The van der Waals surface area contributed by atoms with Crippen molar-refractivity contribution in [3.63, 3.8) is 0 Å². The van der Waals surface area contributed by atoms with Gasteiger partial charge in [0.15, 0.2) is 5.13 Å². The van der Waals surface area contributed by atoms with E-state index in [0.29, 0.717) is 53.2 Å². The normalized spacial score (nSPS) is 14.6. The Hall–Kier alpha value is -2.69. The SMILES string of the molecule is Cc1[nH]c(C(=O)NC2CCN(c3nc(-c4cnccn4)c(C(=O)O)s3)CC2)c(Cl)c1Cl. The Morgan fingerprint density at radius 2 is 2.00 bits per heavy atom. The maximum absolute atomic E-state index is 12.5. The van der Waals surface area contributed by atoms with Crippen molar-refractivity contribution in [2.75, 3.05) is 18.0 Å². The maximum atomic E-state index is 12.5. The molecule has 1 aliphatic rings. The molecule has 0 spiro atoms. The number of anilines is 1. The van der Waals surface area contributed by atoms with E-state index in [2.05, 4.69) is 25.3 Å². The third-order valence-corrected chi connectivity index (χ3v) is 7.05. The molecule has 3 aromatic heterocycles. The highest BCUT2D eigenvalue weighted by Gasteiger charge is 2.28. The van der Waals surface area contributed by atoms with Gasteiger partial charge >= 0.3 is 5.97 Å². The fourth-order valence-electron chi connectivity index (χ4n) is 3.38. The number of amides is 1. The van der Waals surface area contributed by atoms with Crippen molar-refractivity contribution in [2.24, 2.45) is 0 Å². The van der Waals surface area contributed by atoms with Crippen LogP contribution in [0.2, 0.25) is 10.0 Å². The van der Waals surface area contributed by atoms with E-state index in [1.54, 1.807) is 6.92 Å². The third-order valence-electron chi connectivity index (χ3n) is 5.00. The van der Waals surface area contributed by atoms with Gasteiger partial charge < -0.3 is 20.3 Å². The number of carbonyl (C=O) groups excluding carboxylic acids is 1. The van der Waals surface area contributed by atoms with Gasteiger partial charge in [-0.3, -0.25) is 14.8 Å². The zero-order valence-corrected chi connectivity index (χ0v) is 18.7. The molecule has 1 aliphatic heterocycles. The first kappa shape index (κ1) is 21.5. The molecule has 1 saturated heterocycles. The summed E-state index contributed by atoms with van der Waals surface area (Å²) >= 11 is 13.3. The number of thiazole rings is 1. The summed E-state index contributed by atoms with van der Waals surface area (Å²) in [7, 11) is 0. The zero-order valence-electron chi connectivity index (χ0n) is 16.4. The lowest BCUT2D eigenvalue weighted by Gasteiger charge is -2.32. The Labute approximate surface area is 191 Å². The summed E-state index contributed by atoms with van der Waals surface area (Å²) in [6.45, 7) is 2.99. The second kappa shape index (κ2) is 8.81. The minimum Gasteiger partial charge on any atom is -0.477 e. The van der Waals surface area contributed by atoms with Crippen LogP contribution in [0.4, 0.5) is 5.13 Å². The standard InChI is InChI=1S/C19H18Cl2N6O3S/c1-9-12(20)13(21)15(24-9)17(28)25-10-2-6-27(7-3-10)19-26-14(16(31-19)18(29)30)11-8-22-4-5-23-11/h4-5,8,10,24H,2-3,6-7H2,1H3,(H,25,28)(H,29,30). The second-order valence-corrected chi connectivity index (χ2v) is 8.79. The average Bonchev–Trinajstić information content (AvgIpc) is 3.33. The first-order valence-corrected chi connectivity index (χ1v) is 11.0. The quantitative estimate of drug-likeness (QED) is 0.508. The molecule has 3 N–H and O–H groups in total. The van der Waals surface area contributed by atoms with Crippen LogP contribution in [0, 0.1) is 6.92 Å². The number of nitrogens with one attached hydrogen (secondary N) is 2. The van der Waals surface area contributed by atoms with Crippen LogP contribution in [0.15, 0.2) is 18.6 Å². The molecule has 1 amide bonds. The van der Waals surface area contributed by atoms with E-state index in [1.807, 2.05) is 4.90 Å². The first-order chi connectivity index (χ1) is 14.8. The third kappa shape index (κ3) is 4.36. The van der Waals surface area contributed by atoms with Gasteiger partial charge in [0, 0.05) is 37.2 Å². The van der Waals surface area contributed by atoms with Crippen LogP contribution in [-0.4, -0.2) is 56.1 Å². The van der Waals surface area contributed by atoms with Crippen molar-refractivity contribution >= 4 is 51.5 Å². The number of aromatic amines is 1. The predicted molar refractivity (Wildman–Crippen MR) is 118 cm³/mol. The summed E-state index contributed by atoms with van der Waals surface area (Å²) < 4.78 is 0. The molecule has 0 aromatic carbocycles. The number of nitrogens with zero attached hydrogens (tertiary/aromatic N) is 4. The highest BCUT2D eigenvalue weighted by atomic mass is 35.5. The van der Waals surface area contributed by atoms with Crippen molar-refractivity contribution in [1.29, 1.82) is 0 Å². The topological polar surface area (TPSA) is 124 Å². The van der Waals surface area contributed by atoms with E-state index in [0.717, 1.165) is 11.3 Å². The van der Waals surface area contributed by atoms with Gasteiger partial charge in [0.2, 0.25) is 0 Å². The summed E-state index contributed by atoms with van der Waals surface area (Å²) in [4.78, 5) is 42.0. The molecule has 0 atom stereocenters. The Morgan fingerprint density at radius 3 is 2.58 bits per heavy atom. The molecule has 162 valence electrons. The molecule has 0 radical (unpaired) electrons. The Kier molecular flexibility index (Phi) is 6.12. The summed E-state index contributed by atoms with van der Waals surface area (Å²) in [6.07, 6.45) is 5.87. The van der Waals surface area contributed by atoms with Gasteiger partial charge in [-0.1, -0.05) is 34.5 Å². The molecule has 4 rings (SSSR count). The number of aromatic nitrogens is 4. The van der Waals surface area contributed by atoms with E-state index in [4.69, 9.17) is 23.2 Å². The van der Waals surface area contributed by atoms with E-state index in [9.17, 15) is 14.7 Å². The van der Waals surface area contributed by atoms with Crippen LogP contribution in [0.3, 0.4) is 0 Å². The first-order valence-electron chi connectivity index (χ1n) is 9.45.